The molecule has 27 heavy (non-hydrogen) atoms. The maximum absolute atomic E-state index is 6.29. The zero-order valence-corrected chi connectivity index (χ0v) is 17.3. The molecular weight excluding hydrogens is 364 g/mol. The number of hydrogen-bond acceptors (Lipinski definition) is 4. The molecule has 1 aromatic heterocycles. The van der Waals surface area contributed by atoms with Gasteiger partial charge in [0, 0.05) is 30.2 Å². The Morgan fingerprint density at radius 2 is 2.07 bits per heavy atom. The van der Waals surface area contributed by atoms with E-state index in [0.717, 1.165) is 72.6 Å². The number of benzene rings is 1. The third-order valence-corrected chi connectivity index (χ3v) is 4.68. The summed E-state index contributed by atoms with van der Waals surface area (Å²) >= 11 is 6.29. The fourth-order valence-corrected chi connectivity index (χ4v) is 3.09. The second kappa shape index (κ2) is 10.8. The predicted molar refractivity (Wildman–Crippen MR) is 110 cm³/mol. The summed E-state index contributed by atoms with van der Waals surface area (Å²) in [6, 6.07) is 5.76. The first-order valence-electron chi connectivity index (χ1n) is 9.31. The molecule has 0 fully saturated rings. The van der Waals surface area contributed by atoms with Crippen molar-refractivity contribution in [2.24, 2.45) is 4.99 Å². The van der Waals surface area contributed by atoms with Gasteiger partial charge in [0.15, 0.2) is 5.96 Å². The maximum atomic E-state index is 6.29. The van der Waals surface area contributed by atoms with Gasteiger partial charge in [-0.3, -0.25) is 4.99 Å². The third kappa shape index (κ3) is 6.47. The van der Waals surface area contributed by atoms with E-state index in [1.807, 2.05) is 32.0 Å². The van der Waals surface area contributed by atoms with Gasteiger partial charge in [0.1, 0.15) is 11.5 Å². The number of aromatic nitrogens is 1. The van der Waals surface area contributed by atoms with Gasteiger partial charge in [0.2, 0.25) is 0 Å². The molecule has 0 atom stereocenters. The molecule has 0 amide bonds. The molecule has 0 aliphatic rings. The lowest BCUT2D eigenvalue weighted by molar-refractivity contribution is 0.392. The van der Waals surface area contributed by atoms with E-state index in [2.05, 4.69) is 27.7 Å². The van der Waals surface area contributed by atoms with E-state index in [9.17, 15) is 0 Å². The van der Waals surface area contributed by atoms with Crippen LogP contribution in [0.4, 0.5) is 0 Å². The molecule has 0 radical (unpaired) electrons. The first-order valence-corrected chi connectivity index (χ1v) is 9.69. The van der Waals surface area contributed by atoms with E-state index in [0.29, 0.717) is 0 Å². The summed E-state index contributed by atoms with van der Waals surface area (Å²) in [4.78, 5) is 4.64. The number of methoxy groups -OCH3 is 1. The fourth-order valence-electron chi connectivity index (χ4n) is 2.82. The summed E-state index contributed by atoms with van der Waals surface area (Å²) in [5.41, 5.74) is 3.24. The topological polar surface area (TPSA) is 71.7 Å². The highest BCUT2D eigenvalue weighted by atomic mass is 35.5. The lowest BCUT2D eigenvalue weighted by atomic mass is 10.1. The zero-order valence-electron chi connectivity index (χ0n) is 16.6. The van der Waals surface area contributed by atoms with Crippen LogP contribution in [0, 0.1) is 13.8 Å². The molecule has 2 rings (SSSR count). The smallest absolute Gasteiger partial charge is 0.191 e. The van der Waals surface area contributed by atoms with Crippen LogP contribution in [0.2, 0.25) is 5.02 Å². The highest BCUT2D eigenvalue weighted by Crippen LogP contribution is 2.22. The van der Waals surface area contributed by atoms with E-state index < -0.39 is 0 Å². The molecule has 7 heteroatoms. The largest absolute Gasteiger partial charge is 0.497 e. The Hall–Kier alpha value is -2.21. The molecule has 0 spiro atoms. The Labute approximate surface area is 166 Å². The Bertz CT molecular complexity index is 739. The summed E-state index contributed by atoms with van der Waals surface area (Å²) < 4.78 is 10.4. The van der Waals surface area contributed by atoms with Crippen LogP contribution in [0.5, 0.6) is 5.75 Å². The molecule has 1 heterocycles. The minimum Gasteiger partial charge on any atom is -0.497 e. The summed E-state index contributed by atoms with van der Waals surface area (Å²) in [6.45, 7) is 8.30. The second-order valence-electron chi connectivity index (χ2n) is 6.30. The van der Waals surface area contributed by atoms with Crippen LogP contribution >= 0.6 is 11.6 Å². The molecule has 0 unspecified atom stereocenters. The van der Waals surface area contributed by atoms with Crippen LogP contribution in [0.1, 0.15) is 35.9 Å². The zero-order chi connectivity index (χ0) is 19.6. The number of nitrogens with zero attached hydrogens (tertiary/aromatic N) is 2. The lowest BCUT2D eigenvalue weighted by Gasteiger charge is -2.12. The van der Waals surface area contributed by atoms with E-state index in [1.165, 1.54) is 5.56 Å². The average molecular weight is 393 g/mol. The number of aliphatic imine (C=N–C) groups is 1. The Kier molecular flexibility index (Phi) is 8.45. The Morgan fingerprint density at radius 3 is 2.70 bits per heavy atom. The van der Waals surface area contributed by atoms with Gasteiger partial charge < -0.3 is 19.9 Å². The first-order chi connectivity index (χ1) is 13.0. The Balaban J connectivity index is 1.81. The van der Waals surface area contributed by atoms with Crippen molar-refractivity contribution in [1.82, 2.24) is 15.8 Å². The minimum atomic E-state index is 0.720. The predicted octanol–water partition coefficient (Wildman–Crippen LogP) is 3.68. The van der Waals surface area contributed by atoms with E-state index in [4.69, 9.17) is 20.9 Å². The van der Waals surface area contributed by atoms with Crippen LogP contribution in [0.3, 0.4) is 0 Å². The van der Waals surface area contributed by atoms with Gasteiger partial charge in [0.05, 0.1) is 12.8 Å². The first kappa shape index (κ1) is 21.1. The number of guanidine groups is 1. The normalized spacial score (nSPS) is 11.5. The number of ether oxygens (including phenoxy) is 1. The lowest BCUT2D eigenvalue weighted by Crippen LogP contribution is -2.38. The van der Waals surface area contributed by atoms with E-state index in [1.54, 1.807) is 7.11 Å². The van der Waals surface area contributed by atoms with Crippen LogP contribution in [0.15, 0.2) is 27.7 Å². The highest BCUT2D eigenvalue weighted by molar-refractivity contribution is 6.31. The number of nitrogens with one attached hydrogen (secondary N) is 2. The molecule has 0 bridgehead atoms. The van der Waals surface area contributed by atoms with Gasteiger partial charge in [0.25, 0.3) is 0 Å². The van der Waals surface area contributed by atoms with Crippen molar-refractivity contribution in [2.45, 2.75) is 40.0 Å². The molecule has 1 aromatic carbocycles. The van der Waals surface area contributed by atoms with Crippen molar-refractivity contribution in [3.05, 3.63) is 45.8 Å². The maximum Gasteiger partial charge on any atom is 0.191 e. The van der Waals surface area contributed by atoms with Crippen LogP contribution in [-0.2, 0) is 12.8 Å². The van der Waals surface area contributed by atoms with Crippen LogP contribution in [-0.4, -0.2) is 37.9 Å². The number of hydrogen-bond donors (Lipinski definition) is 2. The van der Waals surface area contributed by atoms with Crippen molar-refractivity contribution in [1.29, 1.82) is 0 Å². The second-order valence-corrected chi connectivity index (χ2v) is 6.71. The van der Waals surface area contributed by atoms with Crippen molar-refractivity contribution in [3.63, 3.8) is 0 Å². The summed E-state index contributed by atoms with van der Waals surface area (Å²) in [6.07, 6.45) is 2.68. The average Bonchev–Trinajstić information content (AvgIpc) is 2.98. The molecule has 0 aliphatic heterocycles. The number of halogens is 1. The quantitative estimate of drug-likeness (QED) is 0.387. The molecule has 0 saturated carbocycles. The molecule has 148 valence electrons. The molecule has 0 aliphatic carbocycles. The SMILES string of the molecule is CCNC(=NCCCc1c(C)noc1C)NCCc1ccc(OC)cc1Cl. The highest BCUT2D eigenvalue weighted by Gasteiger charge is 2.08. The van der Waals surface area contributed by atoms with Crippen molar-refractivity contribution < 1.29 is 9.26 Å². The van der Waals surface area contributed by atoms with Crippen LogP contribution < -0.4 is 15.4 Å². The molecular formula is C20H29ClN4O2. The summed E-state index contributed by atoms with van der Waals surface area (Å²) in [7, 11) is 1.64. The van der Waals surface area contributed by atoms with Gasteiger partial charge in [-0.05, 0) is 57.7 Å². The standard InChI is InChI=1S/C20H29ClN4O2/c1-5-22-20(23-11-6-7-18-14(2)25-27-15(18)3)24-12-10-16-8-9-17(26-4)13-19(16)21/h8-9,13H,5-7,10-12H2,1-4H3,(H2,22,23,24). The van der Waals surface area contributed by atoms with Gasteiger partial charge in [-0.2, -0.15) is 0 Å². The van der Waals surface area contributed by atoms with E-state index in [-0.39, 0.29) is 0 Å². The molecule has 6 nitrogen and oxygen atoms in total. The van der Waals surface area contributed by atoms with Gasteiger partial charge in [-0.25, -0.2) is 0 Å². The molecule has 2 N–H and O–H groups in total. The monoisotopic (exact) mass is 392 g/mol. The number of aryl methyl sites for hydroxylation is 2. The van der Waals surface area contributed by atoms with Gasteiger partial charge >= 0.3 is 0 Å². The summed E-state index contributed by atoms with van der Waals surface area (Å²) in [5.74, 6) is 2.49. The number of rotatable bonds is 9. The fraction of sp³-hybridized carbons (Fsp3) is 0.500. The molecule has 2 aromatic rings. The molecule has 0 saturated heterocycles. The van der Waals surface area contributed by atoms with Crippen molar-refractivity contribution in [3.8, 4) is 5.75 Å². The van der Waals surface area contributed by atoms with Crippen LogP contribution in [0.25, 0.3) is 0 Å². The van der Waals surface area contributed by atoms with Crippen molar-refractivity contribution in [2.75, 3.05) is 26.7 Å². The van der Waals surface area contributed by atoms with E-state index >= 15 is 0 Å². The Morgan fingerprint density at radius 1 is 1.26 bits per heavy atom. The minimum absolute atomic E-state index is 0.720. The van der Waals surface area contributed by atoms with Gasteiger partial charge in [-0.1, -0.05) is 22.8 Å². The van der Waals surface area contributed by atoms with Gasteiger partial charge in [-0.15, -0.1) is 0 Å². The third-order valence-electron chi connectivity index (χ3n) is 4.33. The summed E-state index contributed by atoms with van der Waals surface area (Å²) in [5, 5.41) is 11.3. The van der Waals surface area contributed by atoms with Crippen molar-refractivity contribution >= 4 is 17.6 Å².